The van der Waals surface area contributed by atoms with Crippen LogP contribution in [0.3, 0.4) is 0 Å². The Kier molecular flexibility index (Phi) is 3.77. The van der Waals surface area contributed by atoms with Crippen LogP contribution in [0.5, 0.6) is 0 Å². The van der Waals surface area contributed by atoms with E-state index < -0.39 is 0 Å². The zero-order valence-corrected chi connectivity index (χ0v) is 11.4. The summed E-state index contributed by atoms with van der Waals surface area (Å²) in [5.74, 6) is 0. The Bertz CT molecular complexity index is 510. The Balaban J connectivity index is 2.38. The SMILES string of the molecule is CCn1cc(C(NC)c2cc(C)nc(C)c2)cn1. The molecule has 0 spiro atoms. The first-order valence-corrected chi connectivity index (χ1v) is 6.29. The van der Waals surface area contributed by atoms with Gasteiger partial charge in [-0.25, -0.2) is 0 Å². The first-order chi connectivity index (χ1) is 8.63. The average molecular weight is 244 g/mol. The van der Waals surface area contributed by atoms with Gasteiger partial charge >= 0.3 is 0 Å². The molecule has 0 amide bonds. The normalized spacial score (nSPS) is 12.7. The van der Waals surface area contributed by atoms with Gasteiger partial charge in [0, 0.05) is 29.7 Å². The average Bonchev–Trinajstić information content (AvgIpc) is 2.77. The molecule has 4 heteroatoms. The molecule has 0 aromatic carbocycles. The second kappa shape index (κ2) is 5.31. The first kappa shape index (κ1) is 12.8. The van der Waals surface area contributed by atoms with Crippen molar-refractivity contribution < 1.29 is 0 Å². The van der Waals surface area contributed by atoms with Crippen LogP contribution in [0.15, 0.2) is 24.5 Å². The van der Waals surface area contributed by atoms with E-state index in [9.17, 15) is 0 Å². The summed E-state index contributed by atoms with van der Waals surface area (Å²) in [5, 5.41) is 7.68. The van der Waals surface area contributed by atoms with Gasteiger partial charge < -0.3 is 5.32 Å². The van der Waals surface area contributed by atoms with Gasteiger partial charge in [0.05, 0.1) is 12.2 Å². The lowest BCUT2D eigenvalue weighted by atomic mass is 10.0. The van der Waals surface area contributed by atoms with Crippen LogP contribution in [-0.4, -0.2) is 21.8 Å². The van der Waals surface area contributed by atoms with E-state index >= 15 is 0 Å². The van der Waals surface area contributed by atoms with Gasteiger partial charge in [-0.05, 0) is 45.5 Å². The molecular formula is C14H20N4. The number of nitrogens with zero attached hydrogens (tertiary/aromatic N) is 3. The monoisotopic (exact) mass is 244 g/mol. The fourth-order valence-corrected chi connectivity index (χ4v) is 2.26. The van der Waals surface area contributed by atoms with Crippen LogP contribution >= 0.6 is 0 Å². The molecular weight excluding hydrogens is 224 g/mol. The third kappa shape index (κ3) is 2.59. The summed E-state index contributed by atoms with van der Waals surface area (Å²) in [6, 6.07) is 4.42. The minimum absolute atomic E-state index is 0.172. The molecule has 18 heavy (non-hydrogen) atoms. The van der Waals surface area contributed by atoms with Crippen molar-refractivity contribution >= 4 is 0 Å². The van der Waals surface area contributed by atoms with E-state index in [2.05, 4.69) is 40.7 Å². The second-order valence-electron chi connectivity index (χ2n) is 4.53. The molecule has 0 saturated carbocycles. The molecule has 0 aliphatic carbocycles. The van der Waals surface area contributed by atoms with Crippen LogP contribution in [0.25, 0.3) is 0 Å². The third-order valence-corrected chi connectivity index (χ3v) is 3.04. The van der Waals surface area contributed by atoms with Gasteiger partial charge in [0.1, 0.15) is 0 Å². The first-order valence-electron chi connectivity index (χ1n) is 6.29. The van der Waals surface area contributed by atoms with Gasteiger partial charge in [0.25, 0.3) is 0 Å². The fraction of sp³-hybridized carbons (Fsp3) is 0.429. The lowest BCUT2D eigenvalue weighted by Crippen LogP contribution is -2.17. The highest BCUT2D eigenvalue weighted by Gasteiger charge is 2.14. The summed E-state index contributed by atoms with van der Waals surface area (Å²) < 4.78 is 1.95. The molecule has 2 aromatic rings. The molecule has 1 unspecified atom stereocenters. The van der Waals surface area contributed by atoms with Crippen molar-refractivity contribution in [1.29, 1.82) is 0 Å². The molecule has 2 rings (SSSR count). The molecule has 0 bridgehead atoms. The molecule has 0 saturated heterocycles. The summed E-state index contributed by atoms with van der Waals surface area (Å²) >= 11 is 0. The van der Waals surface area contributed by atoms with Crippen LogP contribution in [-0.2, 0) is 6.54 Å². The number of nitrogens with one attached hydrogen (secondary N) is 1. The number of pyridine rings is 1. The number of hydrogen-bond acceptors (Lipinski definition) is 3. The van der Waals surface area contributed by atoms with Crippen LogP contribution in [0.4, 0.5) is 0 Å². The van der Waals surface area contributed by atoms with Crippen LogP contribution in [0.1, 0.15) is 35.5 Å². The maximum absolute atomic E-state index is 4.42. The molecule has 2 aromatic heterocycles. The second-order valence-corrected chi connectivity index (χ2v) is 4.53. The summed E-state index contributed by atoms with van der Waals surface area (Å²) in [4.78, 5) is 4.42. The Morgan fingerprint density at radius 1 is 1.22 bits per heavy atom. The minimum Gasteiger partial charge on any atom is -0.309 e. The largest absolute Gasteiger partial charge is 0.309 e. The maximum atomic E-state index is 4.42. The van der Waals surface area contributed by atoms with Gasteiger partial charge in [-0.1, -0.05) is 0 Å². The van der Waals surface area contributed by atoms with E-state index in [4.69, 9.17) is 0 Å². The molecule has 0 aliphatic heterocycles. The highest BCUT2D eigenvalue weighted by Crippen LogP contribution is 2.22. The molecule has 96 valence electrons. The lowest BCUT2D eigenvalue weighted by Gasteiger charge is -2.16. The van der Waals surface area contributed by atoms with Crippen molar-refractivity contribution in [3.63, 3.8) is 0 Å². The van der Waals surface area contributed by atoms with Crippen molar-refractivity contribution in [2.45, 2.75) is 33.4 Å². The lowest BCUT2D eigenvalue weighted by molar-refractivity contribution is 0.653. The molecule has 0 radical (unpaired) electrons. The van der Waals surface area contributed by atoms with Gasteiger partial charge in [0.2, 0.25) is 0 Å². The molecule has 0 fully saturated rings. The van der Waals surface area contributed by atoms with Gasteiger partial charge in [0.15, 0.2) is 0 Å². The minimum atomic E-state index is 0.172. The third-order valence-electron chi connectivity index (χ3n) is 3.04. The number of aryl methyl sites for hydroxylation is 3. The highest BCUT2D eigenvalue weighted by atomic mass is 15.3. The van der Waals surface area contributed by atoms with E-state index in [0.717, 1.165) is 17.9 Å². The fourth-order valence-electron chi connectivity index (χ4n) is 2.26. The Hall–Kier alpha value is -1.68. The topological polar surface area (TPSA) is 42.7 Å². The molecule has 2 heterocycles. The van der Waals surface area contributed by atoms with E-state index in [0.29, 0.717) is 0 Å². The van der Waals surface area contributed by atoms with E-state index in [1.54, 1.807) is 0 Å². The molecule has 4 nitrogen and oxygen atoms in total. The number of aromatic nitrogens is 3. The summed E-state index contributed by atoms with van der Waals surface area (Å²) in [7, 11) is 1.97. The summed E-state index contributed by atoms with van der Waals surface area (Å²) in [5.41, 5.74) is 4.52. The zero-order valence-electron chi connectivity index (χ0n) is 11.4. The van der Waals surface area contributed by atoms with Crippen molar-refractivity contribution in [1.82, 2.24) is 20.1 Å². The Morgan fingerprint density at radius 3 is 2.39 bits per heavy atom. The van der Waals surface area contributed by atoms with E-state index in [-0.39, 0.29) is 6.04 Å². The van der Waals surface area contributed by atoms with Gasteiger partial charge in [-0.3, -0.25) is 9.67 Å². The van der Waals surface area contributed by atoms with Gasteiger partial charge in [-0.2, -0.15) is 5.10 Å². The standard InChI is InChI=1S/C14H20N4/c1-5-18-9-13(8-16-18)14(15-4)12-6-10(2)17-11(3)7-12/h6-9,14-15H,5H2,1-4H3. The predicted molar refractivity (Wildman–Crippen MR) is 72.5 cm³/mol. The van der Waals surface area contributed by atoms with E-state index in [1.807, 2.05) is 31.8 Å². The van der Waals surface area contributed by atoms with Gasteiger partial charge in [-0.15, -0.1) is 0 Å². The maximum Gasteiger partial charge on any atom is 0.0606 e. The predicted octanol–water partition coefficient (Wildman–Crippen LogP) is 2.22. The van der Waals surface area contributed by atoms with Crippen molar-refractivity contribution in [3.8, 4) is 0 Å². The van der Waals surface area contributed by atoms with Crippen molar-refractivity contribution in [2.75, 3.05) is 7.05 Å². The van der Waals surface area contributed by atoms with Crippen LogP contribution in [0.2, 0.25) is 0 Å². The quantitative estimate of drug-likeness (QED) is 0.896. The van der Waals surface area contributed by atoms with Crippen LogP contribution < -0.4 is 5.32 Å². The molecule has 0 aliphatic rings. The van der Waals surface area contributed by atoms with E-state index in [1.165, 1.54) is 11.1 Å². The summed E-state index contributed by atoms with van der Waals surface area (Å²) in [6.45, 7) is 7.04. The Labute approximate surface area is 108 Å². The number of hydrogen-bond donors (Lipinski definition) is 1. The van der Waals surface area contributed by atoms with Crippen molar-refractivity contribution in [2.24, 2.45) is 0 Å². The smallest absolute Gasteiger partial charge is 0.0606 e. The van der Waals surface area contributed by atoms with Crippen LogP contribution in [0, 0.1) is 13.8 Å². The summed E-state index contributed by atoms with van der Waals surface area (Å²) in [6.07, 6.45) is 4.02. The molecule has 1 N–H and O–H groups in total. The highest BCUT2D eigenvalue weighted by molar-refractivity contribution is 5.31. The zero-order chi connectivity index (χ0) is 13.1. The number of rotatable bonds is 4. The molecule has 1 atom stereocenters. The van der Waals surface area contributed by atoms with Crippen molar-refractivity contribution in [3.05, 3.63) is 47.0 Å². The Morgan fingerprint density at radius 2 is 1.89 bits per heavy atom.